The summed E-state index contributed by atoms with van der Waals surface area (Å²) in [4.78, 5) is 18.8. The number of halogens is 1. The predicted molar refractivity (Wildman–Crippen MR) is 109 cm³/mol. The Labute approximate surface area is 170 Å². The van der Waals surface area contributed by atoms with Crippen LogP contribution in [0.1, 0.15) is 5.56 Å². The molecular weight excluding hydrogens is 373 g/mol. The van der Waals surface area contributed by atoms with Crippen molar-refractivity contribution in [3.8, 4) is 11.5 Å². The molecule has 0 atom stereocenters. The Balaban J connectivity index is 1.26. The van der Waals surface area contributed by atoms with E-state index in [2.05, 4.69) is 9.80 Å². The molecular formula is C22H26FN3O3. The standard InChI is InChI=1S/C22H26FN3O3/c1-24(15-17-2-7-20-21(14-17)29-13-12-28-20)22(27)16-25-8-10-26(11-9-25)19-5-3-18(23)4-6-19/h2-7,14H,8-13,15-16H2,1H3. The molecule has 2 aromatic rings. The molecule has 154 valence electrons. The number of anilines is 1. The van der Waals surface area contributed by atoms with Gasteiger partial charge >= 0.3 is 0 Å². The molecule has 0 N–H and O–H groups in total. The molecule has 0 spiro atoms. The zero-order chi connectivity index (χ0) is 20.2. The molecule has 0 aromatic heterocycles. The largest absolute Gasteiger partial charge is 0.486 e. The van der Waals surface area contributed by atoms with Gasteiger partial charge < -0.3 is 19.3 Å². The van der Waals surface area contributed by atoms with Gasteiger partial charge in [0.2, 0.25) is 5.91 Å². The molecule has 29 heavy (non-hydrogen) atoms. The minimum absolute atomic E-state index is 0.0927. The van der Waals surface area contributed by atoms with Crippen LogP contribution in [0.25, 0.3) is 0 Å². The predicted octanol–water partition coefficient (Wildman–Crippen LogP) is 2.38. The van der Waals surface area contributed by atoms with E-state index in [9.17, 15) is 9.18 Å². The number of carbonyl (C=O) groups is 1. The first-order valence-corrected chi connectivity index (χ1v) is 9.94. The van der Waals surface area contributed by atoms with Crippen LogP contribution in [0.5, 0.6) is 11.5 Å². The Morgan fingerprint density at radius 3 is 2.41 bits per heavy atom. The lowest BCUT2D eigenvalue weighted by Crippen LogP contribution is -2.49. The van der Waals surface area contributed by atoms with Crippen LogP contribution in [0.2, 0.25) is 0 Å². The number of rotatable bonds is 5. The highest BCUT2D eigenvalue weighted by atomic mass is 19.1. The van der Waals surface area contributed by atoms with Crippen molar-refractivity contribution >= 4 is 11.6 Å². The molecule has 2 heterocycles. The van der Waals surface area contributed by atoms with E-state index >= 15 is 0 Å². The Morgan fingerprint density at radius 1 is 1.00 bits per heavy atom. The van der Waals surface area contributed by atoms with Gasteiger partial charge in [0.05, 0.1) is 6.54 Å². The van der Waals surface area contributed by atoms with Gasteiger partial charge in [-0.05, 0) is 42.0 Å². The number of hydrogen-bond donors (Lipinski definition) is 0. The molecule has 0 bridgehead atoms. The fraction of sp³-hybridized carbons (Fsp3) is 0.409. The smallest absolute Gasteiger partial charge is 0.236 e. The van der Waals surface area contributed by atoms with Gasteiger partial charge in [-0.2, -0.15) is 0 Å². The maximum absolute atomic E-state index is 13.1. The van der Waals surface area contributed by atoms with Crippen molar-refractivity contribution in [3.63, 3.8) is 0 Å². The van der Waals surface area contributed by atoms with Crippen LogP contribution < -0.4 is 14.4 Å². The SMILES string of the molecule is CN(Cc1ccc2c(c1)OCCO2)C(=O)CN1CCN(c2ccc(F)cc2)CC1. The lowest BCUT2D eigenvalue weighted by atomic mass is 10.2. The van der Waals surface area contributed by atoms with Crippen molar-refractivity contribution < 1.29 is 18.7 Å². The van der Waals surface area contributed by atoms with Crippen molar-refractivity contribution in [2.24, 2.45) is 0 Å². The van der Waals surface area contributed by atoms with E-state index in [0.29, 0.717) is 26.3 Å². The van der Waals surface area contributed by atoms with Crippen molar-refractivity contribution in [2.75, 3.05) is 57.9 Å². The van der Waals surface area contributed by atoms with E-state index in [1.807, 2.05) is 25.2 Å². The molecule has 2 aliphatic rings. The van der Waals surface area contributed by atoms with Crippen molar-refractivity contribution in [2.45, 2.75) is 6.54 Å². The van der Waals surface area contributed by atoms with Gasteiger partial charge in [-0.3, -0.25) is 9.69 Å². The quantitative estimate of drug-likeness (QED) is 0.773. The number of ether oxygens (including phenoxy) is 2. The van der Waals surface area contributed by atoms with Crippen LogP contribution in [0.4, 0.5) is 10.1 Å². The first-order chi connectivity index (χ1) is 14.1. The third kappa shape index (κ3) is 4.79. The molecule has 6 nitrogen and oxygen atoms in total. The summed E-state index contributed by atoms with van der Waals surface area (Å²) in [5.74, 6) is 1.37. The molecule has 0 unspecified atom stereocenters. The molecule has 1 saturated heterocycles. The molecule has 2 aliphatic heterocycles. The maximum atomic E-state index is 13.1. The molecule has 1 amide bonds. The summed E-state index contributed by atoms with van der Waals surface area (Å²) >= 11 is 0. The molecule has 0 radical (unpaired) electrons. The van der Waals surface area contributed by atoms with Crippen molar-refractivity contribution in [1.29, 1.82) is 0 Å². The fourth-order valence-corrected chi connectivity index (χ4v) is 3.68. The summed E-state index contributed by atoms with van der Waals surface area (Å²) in [7, 11) is 1.83. The fourth-order valence-electron chi connectivity index (χ4n) is 3.68. The van der Waals surface area contributed by atoms with Gasteiger partial charge in [0.1, 0.15) is 19.0 Å². The number of likely N-dealkylation sites (N-methyl/N-ethyl adjacent to an activating group) is 1. The average Bonchev–Trinajstić information content (AvgIpc) is 2.75. The monoisotopic (exact) mass is 399 g/mol. The highest BCUT2D eigenvalue weighted by Crippen LogP contribution is 2.31. The number of benzene rings is 2. The molecule has 4 rings (SSSR count). The third-order valence-electron chi connectivity index (χ3n) is 5.38. The van der Waals surface area contributed by atoms with Crippen LogP contribution in [0.3, 0.4) is 0 Å². The second-order valence-corrected chi connectivity index (χ2v) is 7.47. The topological polar surface area (TPSA) is 45.3 Å². The van der Waals surface area contributed by atoms with E-state index in [1.165, 1.54) is 12.1 Å². The van der Waals surface area contributed by atoms with E-state index < -0.39 is 0 Å². The molecule has 0 aliphatic carbocycles. The highest BCUT2D eigenvalue weighted by molar-refractivity contribution is 5.78. The number of nitrogens with zero attached hydrogens (tertiary/aromatic N) is 3. The molecule has 1 fully saturated rings. The van der Waals surface area contributed by atoms with E-state index in [4.69, 9.17) is 9.47 Å². The van der Waals surface area contributed by atoms with Gasteiger partial charge in [0.15, 0.2) is 11.5 Å². The lowest BCUT2D eigenvalue weighted by Gasteiger charge is -2.36. The zero-order valence-corrected chi connectivity index (χ0v) is 16.6. The van der Waals surface area contributed by atoms with Crippen molar-refractivity contribution in [1.82, 2.24) is 9.80 Å². The Bertz CT molecular complexity index is 851. The summed E-state index contributed by atoms with van der Waals surface area (Å²) < 4.78 is 24.3. The summed E-state index contributed by atoms with van der Waals surface area (Å²) in [5, 5.41) is 0. The van der Waals surface area contributed by atoms with Crippen molar-refractivity contribution in [3.05, 3.63) is 53.8 Å². The van der Waals surface area contributed by atoms with Gasteiger partial charge in [-0.15, -0.1) is 0 Å². The minimum atomic E-state index is -0.223. The lowest BCUT2D eigenvalue weighted by molar-refractivity contribution is -0.131. The molecule has 0 saturated carbocycles. The highest BCUT2D eigenvalue weighted by Gasteiger charge is 2.21. The number of hydrogen-bond acceptors (Lipinski definition) is 5. The normalized spacial score (nSPS) is 16.6. The van der Waals surface area contributed by atoms with E-state index in [0.717, 1.165) is 48.9 Å². The summed E-state index contributed by atoms with van der Waals surface area (Å²) in [6.07, 6.45) is 0. The van der Waals surface area contributed by atoms with Gasteiger partial charge in [-0.25, -0.2) is 4.39 Å². The Morgan fingerprint density at radius 2 is 1.69 bits per heavy atom. The number of fused-ring (bicyclic) bond motifs is 1. The van der Waals surface area contributed by atoms with Gasteiger partial charge in [0.25, 0.3) is 0 Å². The second kappa shape index (κ2) is 8.69. The first kappa shape index (κ1) is 19.5. The zero-order valence-electron chi connectivity index (χ0n) is 16.6. The van der Waals surface area contributed by atoms with Gasteiger partial charge in [-0.1, -0.05) is 6.07 Å². The number of amides is 1. The molecule has 7 heteroatoms. The van der Waals surface area contributed by atoms with E-state index in [1.54, 1.807) is 17.0 Å². The number of carbonyl (C=O) groups excluding carboxylic acids is 1. The summed E-state index contributed by atoms with van der Waals surface area (Å²) in [6, 6.07) is 12.4. The van der Waals surface area contributed by atoms with Crippen LogP contribution in [-0.4, -0.2) is 68.7 Å². The van der Waals surface area contributed by atoms with Crippen LogP contribution >= 0.6 is 0 Å². The summed E-state index contributed by atoms with van der Waals surface area (Å²) in [6.45, 7) is 5.31. The average molecular weight is 399 g/mol. The molecule has 2 aromatic carbocycles. The van der Waals surface area contributed by atoms with Crippen LogP contribution in [0.15, 0.2) is 42.5 Å². The summed E-state index contributed by atoms with van der Waals surface area (Å²) in [5.41, 5.74) is 2.04. The van der Waals surface area contributed by atoms with Gasteiger partial charge in [0, 0.05) is 45.5 Å². The maximum Gasteiger partial charge on any atom is 0.236 e. The third-order valence-corrected chi connectivity index (χ3v) is 5.38. The Hall–Kier alpha value is -2.80. The number of piperazine rings is 1. The van der Waals surface area contributed by atoms with Crippen LogP contribution in [-0.2, 0) is 11.3 Å². The van der Waals surface area contributed by atoms with Crippen LogP contribution in [0, 0.1) is 5.82 Å². The second-order valence-electron chi connectivity index (χ2n) is 7.47. The minimum Gasteiger partial charge on any atom is -0.486 e. The first-order valence-electron chi connectivity index (χ1n) is 9.94. The Kier molecular flexibility index (Phi) is 5.85. The van der Waals surface area contributed by atoms with E-state index in [-0.39, 0.29) is 11.7 Å².